The Hall–Kier alpha value is -2.77. The van der Waals surface area contributed by atoms with E-state index in [2.05, 4.69) is 15.4 Å². The highest BCUT2D eigenvalue weighted by Gasteiger charge is 2.32. The molecule has 2 heterocycles. The molecule has 8 nitrogen and oxygen atoms in total. The van der Waals surface area contributed by atoms with Gasteiger partial charge in [0.15, 0.2) is 0 Å². The van der Waals surface area contributed by atoms with Crippen molar-refractivity contribution in [2.24, 2.45) is 0 Å². The average molecular weight is 274 g/mol. The van der Waals surface area contributed by atoms with Gasteiger partial charge in [0.05, 0.1) is 11.9 Å². The van der Waals surface area contributed by atoms with E-state index in [-0.39, 0.29) is 19.3 Å². The number of imide groups is 1. The summed E-state index contributed by atoms with van der Waals surface area (Å²) in [5, 5.41) is 10.7. The van der Waals surface area contributed by atoms with Gasteiger partial charge in [-0.1, -0.05) is 11.3 Å². The Labute approximate surface area is 112 Å². The van der Waals surface area contributed by atoms with Gasteiger partial charge in [-0.3, -0.25) is 14.7 Å². The van der Waals surface area contributed by atoms with Gasteiger partial charge in [0.2, 0.25) is 0 Å². The van der Waals surface area contributed by atoms with Crippen LogP contribution in [0.3, 0.4) is 0 Å². The zero-order valence-corrected chi connectivity index (χ0v) is 10.3. The normalized spacial score (nSPS) is 15.1. The number of carbonyl (C=O) groups excluding carboxylic acids is 3. The highest BCUT2D eigenvalue weighted by atomic mass is 16.7. The maximum Gasteiger partial charge on any atom is 0.337 e. The number of nitrogens with one attached hydrogen (secondary N) is 1. The highest BCUT2D eigenvalue weighted by molar-refractivity contribution is 6.01. The number of hydrogen-bond acceptors (Lipinski definition) is 6. The Balaban J connectivity index is 1.69. The molecule has 0 bridgehead atoms. The van der Waals surface area contributed by atoms with Crippen LogP contribution in [0, 0.1) is 0 Å². The van der Waals surface area contributed by atoms with E-state index in [9.17, 15) is 14.4 Å². The molecule has 2 amide bonds. The second-order valence-electron chi connectivity index (χ2n) is 4.39. The molecule has 1 aliphatic rings. The van der Waals surface area contributed by atoms with Crippen molar-refractivity contribution in [2.45, 2.75) is 19.3 Å². The third-order valence-electron chi connectivity index (χ3n) is 2.94. The molecule has 0 spiro atoms. The van der Waals surface area contributed by atoms with E-state index in [0.29, 0.717) is 21.7 Å². The first kappa shape index (κ1) is 12.3. The highest BCUT2D eigenvalue weighted by Crippen LogP contribution is 2.15. The molecule has 1 aromatic carbocycles. The molecule has 0 unspecified atom stereocenters. The van der Waals surface area contributed by atoms with Crippen LogP contribution in [-0.4, -0.2) is 38.3 Å². The van der Waals surface area contributed by atoms with Crippen molar-refractivity contribution in [3.05, 3.63) is 23.8 Å². The maximum atomic E-state index is 11.7. The van der Waals surface area contributed by atoms with Crippen molar-refractivity contribution in [1.29, 1.82) is 0 Å². The third-order valence-corrected chi connectivity index (χ3v) is 2.94. The molecule has 0 saturated carbocycles. The Morgan fingerprint density at radius 1 is 1.30 bits per heavy atom. The lowest BCUT2D eigenvalue weighted by Crippen LogP contribution is -2.32. The predicted molar refractivity (Wildman–Crippen MR) is 64.8 cm³/mol. The second-order valence-corrected chi connectivity index (χ2v) is 4.39. The lowest BCUT2D eigenvalue weighted by Gasteiger charge is -2.12. The molecule has 0 radical (unpaired) electrons. The number of fused-ring (bicyclic) bond motifs is 1. The van der Waals surface area contributed by atoms with Gasteiger partial charge in [-0.2, -0.15) is 0 Å². The average Bonchev–Trinajstić information content (AvgIpc) is 3.00. The number of amides is 2. The number of benzene rings is 1. The van der Waals surface area contributed by atoms with Gasteiger partial charge in [0.25, 0.3) is 11.8 Å². The van der Waals surface area contributed by atoms with E-state index in [4.69, 9.17) is 4.84 Å². The minimum absolute atomic E-state index is 0.0496. The molecule has 20 heavy (non-hydrogen) atoms. The summed E-state index contributed by atoms with van der Waals surface area (Å²) < 4.78 is 0. The van der Waals surface area contributed by atoms with Crippen LogP contribution in [0.2, 0.25) is 0 Å². The third kappa shape index (κ3) is 2.22. The quantitative estimate of drug-likeness (QED) is 0.796. The summed E-state index contributed by atoms with van der Waals surface area (Å²) in [6.07, 6.45) is 0.113. The number of aromatic amines is 1. The zero-order valence-electron chi connectivity index (χ0n) is 10.3. The molecule has 1 aromatic heterocycles. The zero-order chi connectivity index (χ0) is 14.1. The van der Waals surface area contributed by atoms with Gasteiger partial charge in [-0.25, -0.2) is 4.79 Å². The van der Waals surface area contributed by atoms with Crippen LogP contribution in [0.1, 0.15) is 18.4 Å². The van der Waals surface area contributed by atoms with Crippen molar-refractivity contribution < 1.29 is 19.2 Å². The fourth-order valence-corrected chi connectivity index (χ4v) is 1.96. The van der Waals surface area contributed by atoms with E-state index in [1.54, 1.807) is 18.2 Å². The first-order valence-corrected chi connectivity index (χ1v) is 6.00. The van der Waals surface area contributed by atoms with Crippen LogP contribution in [0.25, 0.3) is 11.0 Å². The second kappa shape index (κ2) is 4.72. The maximum absolute atomic E-state index is 11.7. The van der Waals surface area contributed by atoms with Crippen molar-refractivity contribution in [3.8, 4) is 0 Å². The Kier molecular flexibility index (Phi) is 2.90. The molecular weight excluding hydrogens is 264 g/mol. The topological polar surface area (TPSA) is 105 Å². The molecule has 8 heteroatoms. The van der Waals surface area contributed by atoms with Crippen LogP contribution in [-0.2, 0) is 25.6 Å². The van der Waals surface area contributed by atoms with Gasteiger partial charge in [0, 0.05) is 12.8 Å². The van der Waals surface area contributed by atoms with Crippen LogP contribution in [0.4, 0.5) is 0 Å². The Morgan fingerprint density at radius 2 is 2.05 bits per heavy atom. The molecule has 1 saturated heterocycles. The van der Waals surface area contributed by atoms with Gasteiger partial charge in [-0.05, 0) is 17.7 Å². The number of carbonyl (C=O) groups is 3. The minimum atomic E-state index is -0.666. The Bertz CT molecular complexity index is 692. The van der Waals surface area contributed by atoms with Gasteiger partial charge < -0.3 is 4.84 Å². The predicted octanol–water partition coefficient (Wildman–Crippen LogP) is 0.108. The fourth-order valence-electron chi connectivity index (χ4n) is 1.96. The van der Waals surface area contributed by atoms with Crippen molar-refractivity contribution in [2.75, 3.05) is 0 Å². The number of H-pyrrole nitrogens is 1. The summed E-state index contributed by atoms with van der Waals surface area (Å²) in [5.74, 6) is -1.64. The minimum Gasteiger partial charge on any atom is -0.330 e. The van der Waals surface area contributed by atoms with E-state index in [0.717, 1.165) is 0 Å². The lowest BCUT2D eigenvalue weighted by molar-refractivity contribution is -0.197. The van der Waals surface area contributed by atoms with Crippen molar-refractivity contribution in [1.82, 2.24) is 20.5 Å². The summed E-state index contributed by atoms with van der Waals surface area (Å²) in [7, 11) is 0. The Morgan fingerprint density at radius 3 is 2.80 bits per heavy atom. The lowest BCUT2D eigenvalue weighted by atomic mass is 10.1. The van der Waals surface area contributed by atoms with Crippen LogP contribution in [0.5, 0.6) is 0 Å². The summed E-state index contributed by atoms with van der Waals surface area (Å²) >= 11 is 0. The standard InChI is InChI=1S/C12H10N4O4/c17-10-3-4-11(18)16(10)20-12(19)6-7-1-2-8-9(5-7)14-15-13-8/h1-2,5H,3-4,6H2,(H,13,14,15). The van der Waals surface area contributed by atoms with E-state index < -0.39 is 17.8 Å². The number of aromatic nitrogens is 3. The fraction of sp³-hybridized carbons (Fsp3) is 0.250. The number of hydrogen-bond donors (Lipinski definition) is 1. The SMILES string of the molecule is O=C(Cc1ccc2nn[nH]c2c1)ON1C(=O)CCC1=O. The summed E-state index contributed by atoms with van der Waals surface area (Å²) in [6.45, 7) is 0. The number of rotatable bonds is 3. The van der Waals surface area contributed by atoms with Crippen molar-refractivity contribution >= 4 is 28.8 Å². The molecule has 0 atom stereocenters. The molecule has 0 aliphatic carbocycles. The molecule has 3 rings (SSSR count). The largest absolute Gasteiger partial charge is 0.337 e. The van der Waals surface area contributed by atoms with Crippen molar-refractivity contribution in [3.63, 3.8) is 0 Å². The molecular formula is C12H10N4O4. The van der Waals surface area contributed by atoms with Gasteiger partial charge in [0.1, 0.15) is 5.52 Å². The number of nitrogens with zero attached hydrogens (tertiary/aromatic N) is 3. The summed E-state index contributed by atoms with van der Waals surface area (Å²) in [6, 6.07) is 5.14. The van der Waals surface area contributed by atoms with Crippen LogP contribution < -0.4 is 0 Å². The summed E-state index contributed by atoms with van der Waals surface area (Å²) in [4.78, 5) is 39.1. The van der Waals surface area contributed by atoms with Crippen LogP contribution >= 0.6 is 0 Å². The monoisotopic (exact) mass is 274 g/mol. The summed E-state index contributed by atoms with van der Waals surface area (Å²) in [5.41, 5.74) is 2.06. The molecule has 2 aromatic rings. The van der Waals surface area contributed by atoms with Gasteiger partial charge >= 0.3 is 5.97 Å². The van der Waals surface area contributed by atoms with Crippen LogP contribution in [0.15, 0.2) is 18.2 Å². The molecule has 1 aliphatic heterocycles. The number of hydroxylamine groups is 2. The smallest absolute Gasteiger partial charge is 0.330 e. The van der Waals surface area contributed by atoms with Gasteiger partial charge in [-0.15, -0.1) is 10.2 Å². The van der Waals surface area contributed by atoms with E-state index in [1.807, 2.05) is 0 Å². The first-order chi connectivity index (χ1) is 9.63. The van der Waals surface area contributed by atoms with E-state index >= 15 is 0 Å². The molecule has 1 fully saturated rings. The molecule has 102 valence electrons. The van der Waals surface area contributed by atoms with E-state index in [1.165, 1.54) is 0 Å². The first-order valence-electron chi connectivity index (χ1n) is 6.00. The molecule has 1 N–H and O–H groups in total.